The molecule has 0 radical (unpaired) electrons. The number of hydrogen-bond donors (Lipinski definition) is 1. The van der Waals surface area contributed by atoms with Crippen molar-refractivity contribution in [3.05, 3.63) is 101 Å². The Bertz CT molecular complexity index is 1470. The first-order valence-electron chi connectivity index (χ1n) is 14.7. The largest absolute Gasteiger partial charge is 0.374 e. The molecule has 242 valence electrons. The van der Waals surface area contributed by atoms with Crippen LogP contribution < -0.4 is 0 Å². The SMILES string of the molecule is CC1CC(O)N2CCN(Cc3ccc(Cl)nc3)C2=C1[N+](=O)[O-].COC1CC(C)C([N+](=O)[O-])=C2N(Cc3ccc(Cl)nc3)CCN21. The predicted octanol–water partition coefficient (Wildman–Crippen LogP) is 3.97. The fraction of sp³-hybridized carbons (Fsp3) is 0.517. The van der Waals surface area contributed by atoms with Gasteiger partial charge in [-0.2, -0.15) is 0 Å². The lowest BCUT2D eigenvalue weighted by Gasteiger charge is -2.36. The molecule has 0 amide bonds. The van der Waals surface area contributed by atoms with Crippen LogP contribution in [0.1, 0.15) is 37.8 Å². The topological polar surface area (TPSA) is 154 Å². The smallest absolute Gasteiger partial charge is 0.289 e. The summed E-state index contributed by atoms with van der Waals surface area (Å²) in [5.74, 6) is 0.784. The minimum atomic E-state index is -0.665. The first-order chi connectivity index (χ1) is 21.5. The zero-order valence-corrected chi connectivity index (χ0v) is 26.8. The molecule has 2 fully saturated rings. The zero-order chi connectivity index (χ0) is 32.4. The molecule has 0 saturated carbocycles. The van der Waals surface area contributed by atoms with E-state index >= 15 is 0 Å². The minimum Gasteiger partial charge on any atom is -0.374 e. The Morgan fingerprint density at radius 2 is 1.29 bits per heavy atom. The normalized spacial score (nSPS) is 24.4. The third-order valence-electron chi connectivity index (χ3n) is 8.57. The van der Waals surface area contributed by atoms with Crippen LogP contribution in [-0.4, -0.2) is 90.3 Å². The highest BCUT2D eigenvalue weighted by atomic mass is 35.5. The van der Waals surface area contributed by atoms with Gasteiger partial charge in [0.2, 0.25) is 0 Å². The minimum absolute atomic E-state index is 0.114. The van der Waals surface area contributed by atoms with Crippen LogP contribution in [0.4, 0.5) is 0 Å². The number of aliphatic hydroxyl groups excluding tert-OH is 1. The summed E-state index contributed by atoms with van der Waals surface area (Å²) in [6.07, 6.45) is 3.61. The molecule has 4 aliphatic rings. The maximum Gasteiger partial charge on any atom is 0.289 e. The van der Waals surface area contributed by atoms with Gasteiger partial charge in [-0.1, -0.05) is 49.2 Å². The van der Waals surface area contributed by atoms with E-state index in [4.69, 9.17) is 27.9 Å². The average molecular weight is 664 g/mol. The molecule has 0 aliphatic carbocycles. The molecule has 4 aliphatic heterocycles. The summed E-state index contributed by atoms with van der Waals surface area (Å²) < 4.78 is 5.53. The van der Waals surface area contributed by atoms with Crippen LogP contribution >= 0.6 is 23.2 Å². The van der Waals surface area contributed by atoms with Gasteiger partial charge in [0.1, 0.15) is 22.8 Å². The van der Waals surface area contributed by atoms with Crippen LogP contribution in [0.15, 0.2) is 59.7 Å². The summed E-state index contributed by atoms with van der Waals surface area (Å²) in [6.45, 7) is 7.41. The van der Waals surface area contributed by atoms with Gasteiger partial charge in [-0.05, 0) is 23.3 Å². The Hall–Kier alpha value is -3.72. The molecule has 6 rings (SSSR count). The van der Waals surface area contributed by atoms with Crippen LogP contribution in [0.3, 0.4) is 0 Å². The van der Waals surface area contributed by atoms with Crippen molar-refractivity contribution in [3.8, 4) is 0 Å². The standard InChI is InChI=1S/C15H19ClN4O3.C14H17ClN4O3/c1-10-7-13(23-2)19-6-5-18(15(19)14(10)20(21)22)9-11-3-4-12(16)17-8-11;1-9-6-12(20)18-5-4-17(14(18)13(9)19(21)22)8-10-2-3-11(15)16-7-10/h3-4,8,10,13H,5-7,9H2,1-2H3;2-3,7,9,12,20H,4-6,8H2,1H3. The number of halogens is 2. The maximum atomic E-state index is 11.6. The van der Waals surface area contributed by atoms with Crippen molar-refractivity contribution < 1.29 is 19.7 Å². The van der Waals surface area contributed by atoms with Gasteiger partial charge >= 0.3 is 0 Å². The molecule has 4 unspecified atom stereocenters. The number of allylic oxidation sites excluding steroid dienone is 2. The molecule has 4 atom stereocenters. The van der Waals surface area contributed by atoms with E-state index in [9.17, 15) is 25.3 Å². The van der Waals surface area contributed by atoms with Crippen LogP contribution in [-0.2, 0) is 17.8 Å². The molecular weight excluding hydrogens is 627 g/mol. The number of aromatic nitrogens is 2. The lowest BCUT2D eigenvalue weighted by atomic mass is 9.98. The van der Waals surface area contributed by atoms with Crippen molar-refractivity contribution in [2.45, 2.75) is 52.2 Å². The third-order valence-corrected chi connectivity index (χ3v) is 9.02. The van der Waals surface area contributed by atoms with E-state index in [0.717, 1.165) is 24.2 Å². The van der Waals surface area contributed by atoms with E-state index in [1.807, 2.05) is 33.8 Å². The number of nitrogens with zero attached hydrogens (tertiary/aromatic N) is 8. The van der Waals surface area contributed by atoms with Gasteiger partial charge in [0.15, 0.2) is 11.6 Å². The number of nitro groups is 2. The van der Waals surface area contributed by atoms with Crippen molar-refractivity contribution in [2.75, 3.05) is 33.3 Å². The van der Waals surface area contributed by atoms with Crippen molar-refractivity contribution in [1.82, 2.24) is 29.6 Å². The molecule has 6 heterocycles. The Morgan fingerprint density at radius 1 is 0.822 bits per heavy atom. The molecule has 2 aromatic rings. The van der Waals surface area contributed by atoms with Crippen LogP contribution in [0.2, 0.25) is 10.3 Å². The third kappa shape index (κ3) is 6.93. The Labute approximate surface area is 270 Å². The number of pyridine rings is 2. The fourth-order valence-electron chi connectivity index (χ4n) is 6.47. The molecule has 0 bridgehead atoms. The summed E-state index contributed by atoms with van der Waals surface area (Å²) in [6, 6.07) is 7.18. The number of rotatable bonds is 7. The van der Waals surface area contributed by atoms with Gasteiger partial charge in [0, 0.05) is 71.6 Å². The van der Waals surface area contributed by atoms with E-state index < -0.39 is 6.23 Å². The van der Waals surface area contributed by atoms with Crippen molar-refractivity contribution in [2.24, 2.45) is 11.8 Å². The van der Waals surface area contributed by atoms with Crippen molar-refractivity contribution in [3.63, 3.8) is 0 Å². The zero-order valence-electron chi connectivity index (χ0n) is 25.3. The van der Waals surface area contributed by atoms with E-state index in [0.29, 0.717) is 61.0 Å². The lowest BCUT2D eigenvalue weighted by Crippen LogP contribution is -2.42. The molecule has 0 spiro atoms. The van der Waals surface area contributed by atoms with Crippen LogP contribution in [0.25, 0.3) is 0 Å². The van der Waals surface area contributed by atoms with E-state index in [-0.39, 0.29) is 39.3 Å². The molecule has 1 N–H and O–H groups in total. The lowest BCUT2D eigenvalue weighted by molar-refractivity contribution is -0.439. The van der Waals surface area contributed by atoms with Gasteiger partial charge in [0.05, 0.1) is 21.7 Å². The monoisotopic (exact) mass is 662 g/mol. The van der Waals surface area contributed by atoms with Gasteiger partial charge in [0.25, 0.3) is 11.4 Å². The highest BCUT2D eigenvalue weighted by Gasteiger charge is 2.46. The Morgan fingerprint density at radius 3 is 1.73 bits per heavy atom. The molecule has 14 nitrogen and oxygen atoms in total. The Balaban J connectivity index is 0.000000178. The van der Waals surface area contributed by atoms with Crippen LogP contribution in [0.5, 0.6) is 0 Å². The first kappa shape index (κ1) is 32.7. The van der Waals surface area contributed by atoms with Crippen LogP contribution in [0, 0.1) is 32.1 Å². The highest BCUT2D eigenvalue weighted by molar-refractivity contribution is 6.29. The van der Waals surface area contributed by atoms with E-state index in [1.165, 1.54) is 0 Å². The van der Waals surface area contributed by atoms with Gasteiger partial charge in [-0.15, -0.1) is 0 Å². The number of hydrogen-bond acceptors (Lipinski definition) is 12. The second kappa shape index (κ2) is 13.7. The van der Waals surface area contributed by atoms with Crippen molar-refractivity contribution in [1.29, 1.82) is 0 Å². The fourth-order valence-corrected chi connectivity index (χ4v) is 6.69. The second-order valence-electron chi connectivity index (χ2n) is 11.6. The summed E-state index contributed by atoms with van der Waals surface area (Å²) in [7, 11) is 1.65. The molecule has 2 saturated heterocycles. The number of fused-ring (bicyclic) bond motifs is 2. The van der Waals surface area contributed by atoms with Gasteiger partial charge in [-0.3, -0.25) is 20.2 Å². The Kier molecular flexibility index (Phi) is 9.97. The number of aliphatic hydroxyl groups is 1. The van der Waals surface area contributed by atoms with Gasteiger partial charge in [-0.25, -0.2) is 9.97 Å². The summed E-state index contributed by atoms with van der Waals surface area (Å²) in [5, 5.41) is 34.0. The summed E-state index contributed by atoms with van der Waals surface area (Å²) in [5.41, 5.74) is 2.36. The summed E-state index contributed by atoms with van der Waals surface area (Å²) in [4.78, 5) is 38.2. The van der Waals surface area contributed by atoms with Crippen molar-refractivity contribution >= 4 is 23.2 Å². The van der Waals surface area contributed by atoms with E-state index in [2.05, 4.69) is 9.97 Å². The summed E-state index contributed by atoms with van der Waals surface area (Å²) >= 11 is 11.6. The second-order valence-corrected chi connectivity index (χ2v) is 12.4. The average Bonchev–Trinajstić information content (AvgIpc) is 3.60. The highest BCUT2D eigenvalue weighted by Crippen LogP contribution is 2.38. The molecular formula is C29H36Cl2N8O6. The molecule has 45 heavy (non-hydrogen) atoms. The van der Waals surface area contributed by atoms with Gasteiger partial charge < -0.3 is 29.4 Å². The quantitative estimate of drug-likeness (QED) is 0.259. The number of ether oxygens (including phenoxy) is 1. The predicted molar refractivity (Wildman–Crippen MR) is 165 cm³/mol. The molecule has 2 aromatic heterocycles. The molecule has 0 aromatic carbocycles. The first-order valence-corrected chi connectivity index (χ1v) is 15.5. The van der Waals surface area contributed by atoms with E-state index in [1.54, 1.807) is 43.5 Å². The number of methoxy groups -OCH3 is 1. The molecule has 16 heteroatoms. The maximum absolute atomic E-state index is 11.6.